The molecule has 2 N–H and O–H groups in total. The molecule has 0 amide bonds. The summed E-state index contributed by atoms with van der Waals surface area (Å²) in [6, 6.07) is 5.40. The molecule has 2 aromatic rings. The van der Waals surface area contributed by atoms with E-state index in [2.05, 4.69) is 27.6 Å². The first kappa shape index (κ1) is 13.6. The van der Waals surface area contributed by atoms with Gasteiger partial charge >= 0.3 is 0 Å². The lowest BCUT2D eigenvalue weighted by molar-refractivity contribution is 0.553. The number of hydrogen-bond acceptors (Lipinski definition) is 4. The van der Waals surface area contributed by atoms with Crippen LogP contribution in [0.3, 0.4) is 0 Å². The van der Waals surface area contributed by atoms with Crippen LogP contribution in [0.25, 0.3) is 11.0 Å². The standard InChI is InChI=1S/C11H14IN3O2S/c1-11(2,3)18(16,17)15-9-6-7(12)4-5-8(9)14-10(15)13/h4-6H,1-3H3,(H2,13,14). The molecule has 2 rings (SSSR count). The molecule has 0 unspecified atom stereocenters. The van der Waals surface area contributed by atoms with Crippen molar-refractivity contribution in [2.75, 3.05) is 5.73 Å². The molecule has 7 heteroatoms. The van der Waals surface area contributed by atoms with Gasteiger partial charge in [-0.05, 0) is 61.6 Å². The number of nitrogens with zero attached hydrogens (tertiary/aromatic N) is 2. The summed E-state index contributed by atoms with van der Waals surface area (Å²) in [5.74, 6) is 0.00178. The first-order valence-electron chi connectivity index (χ1n) is 5.33. The van der Waals surface area contributed by atoms with Gasteiger partial charge in [0.1, 0.15) is 0 Å². The molecule has 0 saturated heterocycles. The van der Waals surface area contributed by atoms with Crippen LogP contribution in [0.1, 0.15) is 20.8 Å². The normalized spacial score (nSPS) is 13.1. The zero-order chi connectivity index (χ0) is 13.7. The molecule has 0 aliphatic heterocycles. The van der Waals surface area contributed by atoms with Crippen LogP contribution in [0.15, 0.2) is 18.2 Å². The van der Waals surface area contributed by atoms with Crippen molar-refractivity contribution in [3.63, 3.8) is 0 Å². The molecule has 0 aliphatic rings. The highest BCUT2D eigenvalue weighted by Crippen LogP contribution is 2.27. The first-order chi connectivity index (χ1) is 8.14. The van der Waals surface area contributed by atoms with Gasteiger partial charge in [0.15, 0.2) is 0 Å². The fourth-order valence-corrected chi connectivity index (χ4v) is 3.29. The van der Waals surface area contributed by atoms with E-state index in [0.29, 0.717) is 11.0 Å². The molecular weight excluding hydrogens is 365 g/mol. The molecule has 0 saturated carbocycles. The number of nitrogens with two attached hydrogens (primary N) is 1. The Balaban J connectivity index is 2.88. The molecule has 0 fully saturated rings. The largest absolute Gasteiger partial charge is 0.368 e. The third-order valence-electron chi connectivity index (χ3n) is 2.61. The highest BCUT2D eigenvalue weighted by molar-refractivity contribution is 14.1. The number of halogens is 1. The monoisotopic (exact) mass is 379 g/mol. The van der Waals surface area contributed by atoms with Gasteiger partial charge in [-0.25, -0.2) is 17.4 Å². The molecule has 18 heavy (non-hydrogen) atoms. The minimum atomic E-state index is -3.58. The van der Waals surface area contributed by atoms with Gasteiger partial charge in [-0.2, -0.15) is 0 Å². The van der Waals surface area contributed by atoms with E-state index in [-0.39, 0.29) is 5.95 Å². The summed E-state index contributed by atoms with van der Waals surface area (Å²) in [7, 11) is -3.58. The minimum absolute atomic E-state index is 0.00178. The maximum absolute atomic E-state index is 12.5. The highest BCUT2D eigenvalue weighted by Gasteiger charge is 2.33. The number of hydrogen-bond donors (Lipinski definition) is 1. The van der Waals surface area contributed by atoms with Crippen molar-refractivity contribution in [2.24, 2.45) is 0 Å². The topological polar surface area (TPSA) is 78.0 Å². The van der Waals surface area contributed by atoms with Gasteiger partial charge in [-0.3, -0.25) is 0 Å². The van der Waals surface area contributed by atoms with Crippen molar-refractivity contribution in [3.05, 3.63) is 21.8 Å². The summed E-state index contributed by atoms with van der Waals surface area (Å²) in [5.41, 5.74) is 6.86. The zero-order valence-electron chi connectivity index (χ0n) is 10.3. The molecule has 98 valence electrons. The predicted octanol–water partition coefficient (Wildman–Crippen LogP) is 2.20. The van der Waals surface area contributed by atoms with Gasteiger partial charge in [0.2, 0.25) is 16.0 Å². The Morgan fingerprint density at radius 3 is 2.50 bits per heavy atom. The highest BCUT2D eigenvalue weighted by atomic mass is 127. The number of benzene rings is 1. The fourth-order valence-electron chi connectivity index (χ4n) is 1.57. The van der Waals surface area contributed by atoms with Crippen LogP contribution >= 0.6 is 22.6 Å². The quantitative estimate of drug-likeness (QED) is 0.771. The van der Waals surface area contributed by atoms with Crippen LogP contribution in [0.4, 0.5) is 5.95 Å². The van der Waals surface area contributed by atoms with Crippen molar-refractivity contribution in [1.82, 2.24) is 8.96 Å². The van der Waals surface area contributed by atoms with Crippen LogP contribution in [0.5, 0.6) is 0 Å². The van der Waals surface area contributed by atoms with Gasteiger partial charge in [0.25, 0.3) is 0 Å². The van der Waals surface area contributed by atoms with Crippen molar-refractivity contribution in [1.29, 1.82) is 0 Å². The second kappa shape index (κ2) is 4.09. The summed E-state index contributed by atoms with van der Waals surface area (Å²) in [4.78, 5) is 4.09. The minimum Gasteiger partial charge on any atom is -0.368 e. The van der Waals surface area contributed by atoms with Gasteiger partial charge in [-0.1, -0.05) is 0 Å². The van der Waals surface area contributed by atoms with Gasteiger partial charge in [0.05, 0.1) is 15.8 Å². The zero-order valence-corrected chi connectivity index (χ0v) is 13.3. The van der Waals surface area contributed by atoms with E-state index < -0.39 is 14.8 Å². The number of fused-ring (bicyclic) bond motifs is 1. The molecule has 0 aliphatic carbocycles. The fraction of sp³-hybridized carbons (Fsp3) is 0.364. The molecular formula is C11H14IN3O2S. The number of nitrogen functional groups attached to an aromatic ring is 1. The molecule has 5 nitrogen and oxygen atoms in total. The van der Waals surface area contributed by atoms with E-state index in [9.17, 15) is 8.42 Å². The number of imidazole rings is 1. The summed E-state index contributed by atoms with van der Waals surface area (Å²) < 4.78 is 26.1. The Labute approximate surface area is 120 Å². The van der Waals surface area contributed by atoms with Gasteiger partial charge in [0, 0.05) is 3.57 Å². The van der Waals surface area contributed by atoms with E-state index in [1.165, 1.54) is 0 Å². The van der Waals surface area contributed by atoms with E-state index in [1.807, 2.05) is 6.07 Å². The Hall–Kier alpha value is -0.830. The summed E-state index contributed by atoms with van der Waals surface area (Å²) in [5, 5.41) is 0. The van der Waals surface area contributed by atoms with E-state index >= 15 is 0 Å². The summed E-state index contributed by atoms with van der Waals surface area (Å²) >= 11 is 2.13. The average molecular weight is 379 g/mol. The molecule has 0 spiro atoms. The number of rotatable bonds is 1. The lowest BCUT2D eigenvalue weighted by Crippen LogP contribution is -2.34. The Morgan fingerprint density at radius 1 is 1.33 bits per heavy atom. The van der Waals surface area contributed by atoms with Gasteiger partial charge in [-0.15, -0.1) is 0 Å². The summed E-state index contributed by atoms with van der Waals surface area (Å²) in [6.45, 7) is 4.92. The SMILES string of the molecule is CC(C)(C)S(=O)(=O)n1c(N)nc2ccc(I)cc21. The van der Waals surface area contributed by atoms with Crippen molar-refractivity contribution >= 4 is 49.6 Å². The van der Waals surface area contributed by atoms with Gasteiger partial charge < -0.3 is 5.73 Å². The second-order valence-corrected chi connectivity index (χ2v) is 8.77. The Bertz CT molecular complexity index is 714. The number of anilines is 1. The molecule has 1 heterocycles. The molecule has 1 aromatic heterocycles. The lowest BCUT2D eigenvalue weighted by atomic mass is 10.3. The molecule has 0 bridgehead atoms. The van der Waals surface area contributed by atoms with Crippen molar-refractivity contribution in [3.8, 4) is 0 Å². The number of aromatic nitrogens is 2. The second-order valence-electron chi connectivity index (χ2n) is 4.98. The predicted molar refractivity (Wildman–Crippen MR) is 80.9 cm³/mol. The maximum Gasteiger partial charge on any atom is 0.246 e. The van der Waals surface area contributed by atoms with E-state index in [0.717, 1.165) is 7.54 Å². The van der Waals surface area contributed by atoms with Crippen molar-refractivity contribution < 1.29 is 8.42 Å². The third kappa shape index (κ3) is 1.99. The van der Waals surface area contributed by atoms with Crippen molar-refractivity contribution in [2.45, 2.75) is 25.5 Å². The van der Waals surface area contributed by atoms with Crippen LogP contribution in [-0.2, 0) is 10.0 Å². The van der Waals surface area contributed by atoms with Crippen LogP contribution < -0.4 is 5.73 Å². The molecule has 0 atom stereocenters. The Kier molecular flexibility index (Phi) is 3.09. The van der Waals surface area contributed by atoms with Crippen LogP contribution in [0.2, 0.25) is 0 Å². The maximum atomic E-state index is 12.5. The van der Waals surface area contributed by atoms with E-state index in [4.69, 9.17) is 5.73 Å². The average Bonchev–Trinajstić information content (AvgIpc) is 2.51. The summed E-state index contributed by atoms with van der Waals surface area (Å²) in [6.07, 6.45) is 0. The lowest BCUT2D eigenvalue weighted by Gasteiger charge is -2.20. The third-order valence-corrected chi connectivity index (χ3v) is 5.70. The Morgan fingerprint density at radius 2 is 1.94 bits per heavy atom. The van der Waals surface area contributed by atoms with Crippen LogP contribution in [0, 0.1) is 3.57 Å². The first-order valence-corrected chi connectivity index (χ1v) is 7.85. The molecule has 1 aromatic carbocycles. The van der Waals surface area contributed by atoms with Crippen LogP contribution in [-0.4, -0.2) is 22.1 Å². The molecule has 0 radical (unpaired) electrons. The smallest absolute Gasteiger partial charge is 0.246 e. The van der Waals surface area contributed by atoms with E-state index in [1.54, 1.807) is 32.9 Å².